The molecule has 0 fully saturated rings. The minimum absolute atomic E-state index is 0.0214. The number of hydrogen-bond acceptors (Lipinski definition) is 2. The summed E-state index contributed by atoms with van der Waals surface area (Å²) in [5.41, 5.74) is 1.94. The predicted octanol–water partition coefficient (Wildman–Crippen LogP) is 2.28. The second-order valence-electron chi connectivity index (χ2n) is 4.40. The van der Waals surface area contributed by atoms with Crippen molar-refractivity contribution >= 4 is 28.5 Å². The molecule has 0 saturated carbocycles. The minimum Gasteiger partial charge on any atom is -0.352 e. The number of halogens is 1. The van der Waals surface area contributed by atoms with Crippen molar-refractivity contribution in [2.45, 2.75) is 13.3 Å². The van der Waals surface area contributed by atoms with Crippen LogP contribution in [0, 0.1) is 10.5 Å². The molecule has 1 amide bonds. The molecule has 1 rings (SSSR count). The van der Waals surface area contributed by atoms with Gasteiger partial charge >= 0.3 is 0 Å². The summed E-state index contributed by atoms with van der Waals surface area (Å²) in [6, 6.07) is 5.88. The summed E-state index contributed by atoms with van der Waals surface area (Å²) in [5.74, 6) is 0.0214. The summed E-state index contributed by atoms with van der Waals surface area (Å²) in [5, 5.41) is 2.94. The molecular formula is C13H19IN2O. The first-order chi connectivity index (χ1) is 8.00. The van der Waals surface area contributed by atoms with E-state index in [-0.39, 0.29) is 5.91 Å². The zero-order valence-corrected chi connectivity index (χ0v) is 12.7. The highest BCUT2D eigenvalue weighted by atomic mass is 127. The van der Waals surface area contributed by atoms with Gasteiger partial charge in [0.15, 0.2) is 0 Å². The number of hydrogen-bond donors (Lipinski definition) is 1. The van der Waals surface area contributed by atoms with Crippen LogP contribution in [0.4, 0.5) is 0 Å². The number of aryl methyl sites for hydroxylation is 1. The van der Waals surface area contributed by atoms with E-state index < -0.39 is 0 Å². The van der Waals surface area contributed by atoms with Gasteiger partial charge in [-0.25, -0.2) is 0 Å². The fourth-order valence-corrected chi connectivity index (χ4v) is 2.41. The van der Waals surface area contributed by atoms with Crippen LogP contribution in [-0.2, 0) is 0 Å². The van der Waals surface area contributed by atoms with Crippen LogP contribution < -0.4 is 5.32 Å². The van der Waals surface area contributed by atoms with Gasteiger partial charge in [-0.1, -0.05) is 11.6 Å². The summed E-state index contributed by atoms with van der Waals surface area (Å²) >= 11 is 2.20. The first-order valence-electron chi connectivity index (χ1n) is 5.70. The van der Waals surface area contributed by atoms with Gasteiger partial charge in [0, 0.05) is 10.1 Å². The van der Waals surface area contributed by atoms with E-state index in [1.807, 2.05) is 39.2 Å². The Morgan fingerprint density at radius 2 is 2.12 bits per heavy atom. The SMILES string of the molecule is Cc1ccc(C(=O)NCCCN(C)C)c(I)c1. The first-order valence-corrected chi connectivity index (χ1v) is 6.77. The molecule has 0 aliphatic rings. The Labute approximate surface area is 117 Å². The van der Waals surface area contributed by atoms with Crippen LogP contribution in [0.15, 0.2) is 18.2 Å². The van der Waals surface area contributed by atoms with E-state index in [0.29, 0.717) is 0 Å². The van der Waals surface area contributed by atoms with Gasteiger partial charge in [-0.2, -0.15) is 0 Å². The van der Waals surface area contributed by atoms with Crippen molar-refractivity contribution in [1.82, 2.24) is 10.2 Å². The molecule has 4 heteroatoms. The molecule has 0 heterocycles. The lowest BCUT2D eigenvalue weighted by atomic mass is 10.1. The predicted molar refractivity (Wildman–Crippen MR) is 79.4 cm³/mol. The third-order valence-corrected chi connectivity index (χ3v) is 3.33. The van der Waals surface area contributed by atoms with Crippen molar-refractivity contribution in [3.05, 3.63) is 32.9 Å². The maximum atomic E-state index is 11.9. The van der Waals surface area contributed by atoms with Gasteiger partial charge in [0.25, 0.3) is 5.91 Å². The number of nitrogens with one attached hydrogen (secondary N) is 1. The molecule has 0 aliphatic heterocycles. The Morgan fingerprint density at radius 3 is 2.71 bits per heavy atom. The summed E-state index contributed by atoms with van der Waals surface area (Å²) in [4.78, 5) is 14.0. The standard InChI is InChI=1S/C13H19IN2O/c1-10-5-6-11(12(14)9-10)13(17)15-7-4-8-16(2)3/h5-6,9H,4,7-8H2,1-3H3,(H,15,17). The molecule has 1 N–H and O–H groups in total. The Balaban J connectivity index is 2.47. The highest BCUT2D eigenvalue weighted by molar-refractivity contribution is 14.1. The highest BCUT2D eigenvalue weighted by Crippen LogP contribution is 2.13. The molecule has 0 radical (unpaired) electrons. The maximum absolute atomic E-state index is 11.9. The number of carbonyl (C=O) groups is 1. The lowest BCUT2D eigenvalue weighted by Gasteiger charge is -2.10. The topological polar surface area (TPSA) is 32.3 Å². The van der Waals surface area contributed by atoms with E-state index >= 15 is 0 Å². The molecule has 0 atom stereocenters. The fourth-order valence-electron chi connectivity index (χ4n) is 1.50. The molecule has 94 valence electrons. The summed E-state index contributed by atoms with van der Waals surface area (Å²) in [6.45, 7) is 3.74. The average molecular weight is 346 g/mol. The highest BCUT2D eigenvalue weighted by Gasteiger charge is 2.08. The number of benzene rings is 1. The van der Waals surface area contributed by atoms with E-state index in [2.05, 4.69) is 32.8 Å². The third kappa shape index (κ3) is 5.04. The largest absolute Gasteiger partial charge is 0.352 e. The smallest absolute Gasteiger partial charge is 0.252 e. The molecule has 0 aromatic heterocycles. The van der Waals surface area contributed by atoms with Crippen LogP contribution in [0.2, 0.25) is 0 Å². The van der Waals surface area contributed by atoms with E-state index in [4.69, 9.17) is 0 Å². The normalized spacial score (nSPS) is 10.6. The van der Waals surface area contributed by atoms with Crippen LogP contribution in [0.1, 0.15) is 22.3 Å². The van der Waals surface area contributed by atoms with Crippen LogP contribution in [-0.4, -0.2) is 38.0 Å². The van der Waals surface area contributed by atoms with Gasteiger partial charge in [0.05, 0.1) is 5.56 Å². The number of amides is 1. The lowest BCUT2D eigenvalue weighted by Crippen LogP contribution is -2.27. The second kappa shape index (κ2) is 6.96. The van der Waals surface area contributed by atoms with Crippen LogP contribution in [0.25, 0.3) is 0 Å². The Morgan fingerprint density at radius 1 is 1.41 bits per heavy atom. The number of rotatable bonds is 5. The van der Waals surface area contributed by atoms with E-state index in [0.717, 1.165) is 28.6 Å². The van der Waals surface area contributed by atoms with Crippen molar-refractivity contribution in [2.75, 3.05) is 27.2 Å². The van der Waals surface area contributed by atoms with Crippen LogP contribution in [0.3, 0.4) is 0 Å². The van der Waals surface area contributed by atoms with E-state index in [9.17, 15) is 4.79 Å². The van der Waals surface area contributed by atoms with Gasteiger partial charge in [0.1, 0.15) is 0 Å². The van der Waals surface area contributed by atoms with Crippen molar-refractivity contribution in [3.8, 4) is 0 Å². The third-order valence-electron chi connectivity index (χ3n) is 2.44. The van der Waals surface area contributed by atoms with E-state index in [1.165, 1.54) is 5.56 Å². The van der Waals surface area contributed by atoms with Gasteiger partial charge in [0.2, 0.25) is 0 Å². The summed E-state index contributed by atoms with van der Waals surface area (Å²) < 4.78 is 1.01. The lowest BCUT2D eigenvalue weighted by molar-refractivity contribution is 0.0951. The Kier molecular flexibility index (Phi) is 5.91. The monoisotopic (exact) mass is 346 g/mol. The molecule has 0 spiro atoms. The van der Waals surface area contributed by atoms with Crippen molar-refractivity contribution < 1.29 is 4.79 Å². The van der Waals surface area contributed by atoms with Gasteiger partial charge in [-0.05, 0) is 68.7 Å². The first kappa shape index (κ1) is 14.4. The molecule has 17 heavy (non-hydrogen) atoms. The molecule has 0 bridgehead atoms. The van der Waals surface area contributed by atoms with Crippen LogP contribution in [0.5, 0.6) is 0 Å². The summed E-state index contributed by atoms with van der Waals surface area (Å²) in [6.07, 6.45) is 0.973. The van der Waals surface area contributed by atoms with E-state index in [1.54, 1.807) is 0 Å². The molecule has 0 saturated heterocycles. The molecule has 3 nitrogen and oxygen atoms in total. The maximum Gasteiger partial charge on any atom is 0.252 e. The molecule has 1 aromatic rings. The number of carbonyl (C=O) groups excluding carboxylic acids is 1. The zero-order chi connectivity index (χ0) is 12.8. The van der Waals surface area contributed by atoms with Gasteiger partial charge < -0.3 is 10.2 Å². The molecule has 0 aliphatic carbocycles. The second-order valence-corrected chi connectivity index (χ2v) is 5.56. The van der Waals surface area contributed by atoms with Crippen molar-refractivity contribution in [3.63, 3.8) is 0 Å². The molecular weight excluding hydrogens is 327 g/mol. The average Bonchev–Trinajstić information content (AvgIpc) is 2.23. The quantitative estimate of drug-likeness (QED) is 0.655. The minimum atomic E-state index is 0.0214. The van der Waals surface area contributed by atoms with Crippen LogP contribution >= 0.6 is 22.6 Å². The van der Waals surface area contributed by atoms with Crippen molar-refractivity contribution in [2.24, 2.45) is 0 Å². The number of nitrogens with zero attached hydrogens (tertiary/aromatic N) is 1. The van der Waals surface area contributed by atoms with Gasteiger partial charge in [-0.3, -0.25) is 4.79 Å². The summed E-state index contributed by atoms with van der Waals surface area (Å²) in [7, 11) is 4.06. The molecule has 1 aromatic carbocycles. The van der Waals surface area contributed by atoms with Gasteiger partial charge in [-0.15, -0.1) is 0 Å². The fraction of sp³-hybridized carbons (Fsp3) is 0.462. The van der Waals surface area contributed by atoms with Crippen molar-refractivity contribution in [1.29, 1.82) is 0 Å². The molecule has 0 unspecified atom stereocenters. The Hall–Kier alpha value is -0.620. The zero-order valence-electron chi connectivity index (χ0n) is 10.6. The Bertz CT molecular complexity index is 391.